The molecular weight excluding hydrogens is 484 g/mol. The standard InChI is InChI=1S/C29H41ClGeN2/c1-18(2)24-13-11-14-25(19(3)4)28(24)32-22(9)17-23(10)33(31-30)29-26(20(5)6)15-12-16-27(29)21(7)8/h11-21H,1-10H3/b23-17+,32-22?. The number of allylic oxidation sites excluding steroid dienone is 2. The van der Waals surface area contributed by atoms with Gasteiger partial charge < -0.3 is 0 Å². The molecule has 0 N–H and O–H groups in total. The average molecular weight is 526 g/mol. The van der Waals surface area contributed by atoms with Crippen molar-refractivity contribution in [3.63, 3.8) is 0 Å². The van der Waals surface area contributed by atoms with Crippen LogP contribution in [-0.2, 0) is 0 Å². The molecule has 0 aromatic heterocycles. The van der Waals surface area contributed by atoms with Crippen molar-refractivity contribution >= 4 is 41.8 Å². The van der Waals surface area contributed by atoms with E-state index in [4.69, 9.17) is 15.0 Å². The van der Waals surface area contributed by atoms with E-state index in [2.05, 4.69) is 116 Å². The van der Waals surface area contributed by atoms with Gasteiger partial charge in [0, 0.05) is 0 Å². The van der Waals surface area contributed by atoms with Crippen LogP contribution >= 0.6 is 10.0 Å². The van der Waals surface area contributed by atoms with E-state index in [1.807, 2.05) is 0 Å². The van der Waals surface area contributed by atoms with E-state index in [0.717, 1.165) is 17.1 Å². The SMILES string of the molecule is CC(/C=C(\C)[N]([Ge][Cl])c1c(C(C)C)cccc1C(C)C)=Nc1c(C(C)C)cccc1C(C)C. The number of halogens is 1. The van der Waals surface area contributed by atoms with Gasteiger partial charge in [0.25, 0.3) is 0 Å². The average Bonchev–Trinajstić information content (AvgIpc) is 2.73. The molecular formula is C29H41ClGeN2. The Balaban J connectivity index is 2.61. The normalized spacial score (nSPS) is 13.1. The molecule has 4 heteroatoms. The van der Waals surface area contributed by atoms with E-state index in [9.17, 15) is 0 Å². The molecule has 33 heavy (non-hydrogen) atoms. The fourth-order valence-corrected chi connectivity index (χ4v) is 6.54. The molecule has 0 saturated heterocycles. The Kier molecular flexibility index (Phi) is 10.3. The zero-order valence-electron chi connectivity index (χ0n) is 22.1. The summed E-state index contributed by atoms with van der Waals surface area (Å²) in [7, 11) is 6.70. The first-order valence-corrected chi connectivity index (χ1v) is 15.8. The summed E-state index contributed by atoms with van der Waals surface area (Å²) >= 11 is -0.857. The van der Waals surface area contributed by atoms with Crippen molar-refractivity contribution in [2.24, 2.45) is 4.99 Å². The molecule has 2 nitrogen and oxygen atoms in total. The number of benzene rings is 2. The summed E-state index contributed by atoms with van der Waals surface area (Å²) in [5, 5.41) is 0. The van der Waals surface area contributed by atoms with Crippen LogP contribution < -0.4 is 3.86 Å². The maximum absolute atomic E-state index is 6.70. The van der Waals surface area contributed by atoms with Gasteiger partial charge in [-0.15, -0.1) is 0 Å². The molecule has 2 aromatic carbocycles. The van der Waals surface area contributed by atoms with E-state index in [1.165, 1.54) is 27.9 Å². The van der Waals surface area contributed by atoms with Crippen molar-refractivity contribution in [3.05, 3.63) is 70.4 Å². The number of hydrogen-bond donors (Lipinski definition) is 0. The van der Waals surface area contributed by atoms with Gasteiger partial charge in [-0.1, -0.05) is 0 Å². The summed E-state index contributed by atoms with van der Waals surface area (Å²) in [5.41, 5.74) is 9.93. The molecule has 0 aliphatic carbocycles. The number of hydrogen-bond acceptors (Lipinski definition) is 2. The van der Waals surface area contributed by atoms with Gasteiger partial charge in [0.1, 0.15) is 0 Å². The summed E-state index contributed by atoms with van der Waals surface area (Å²) in [5.74, 6) is 1.73. The van der Waals surface area contributed by atoms with Crippen LogP contribution in [-0.4, -0.2) is 20.4 Å². The Morgan fingerprint density at radius 3 is 1.52 bits per heavy atom. The molecule has 2 rings (SSSR count). The van der Waals surface area contributed by atoms with E-state index >= 15 is 0 Å². The van der Waals surface area contributed by atoms with Crippen LogP contribution in [0.15, 0.2) is 53.2 Å². The molecule has 0 saturated carbocycles. The van der Waals surface area contributed by atoms with Crippen LogP contribution in [0.3, 0.4) is 0 Å². The van der Waals surface area contributed by atoms with Crippen LogP contribution in [0, 0.1) is 0 Å². The molecule has 0 aliphatic rings. The van der Waals surface area contributed by atoms with Crippen LogP contribution in [0.1, 0.15) is 115 Å². The van der Waals surface area contributed by atoms with Gasteiger partial charge in [-0.05, 0) is 0 Å². The monoisotopic (exact) mass is 526 g/mol. The molecule has 0 spiro atoms. The van der Waals surface area contributed by atoms with Gasteiger partial charge in [0.15, 0.2) is 0 Å². The number of aliphatic imine (C=N–C) groups is 1. The van der Waals surface area contributed by atoms with Gasteiger partial charge in [-0.3, -0.25) is 0 Å². The summed E-state index contributed by atoms with van der Waals surface area (Å²) in [6.07, 6.45) is 2.20. The third-order valence-electron chi connectivity index (χ3n) is 6.05. The van der Waals surface area contributed by atoms with E-state index in [-0.39, 0.29) is 0 Å². The second-order valence-corrected chi connectivity index (χ2v) is 12.3. The fourth-order valence-electron chi connectivity index (χ4n) is 4.27. The molecule has 0 atom stereocenters. The fraction of sp³-hybridized carbons (Fsp3) is 0.483. The Morgan fingerprint density at radius 2 is 1.15 bits per heavy atom. The van der Waals surface area contributed by atoms with E-state index < -0.39 is 14.7 Å². The van der Waals surface area contributed by atoms with E-state index in [1.54, 1.807) is 0 Å². The zero-order valence-corrected chi connectivity index (χ0v) is 25.0. The summed E-state index contributed by atoms with van der Waals surface area (Å²) in [4.78, 5) is 5.15. The predicted molar refractivity (Wildman–Crippen MR) is 150 cm³/mol. The first-order chi connectivity index (χ1) is 15.5. The Bertz CT molecular complexity index is 950. The first kappa shape index (κ1) is 27.7. The quantitative estimate of drug-likeness (QED) is 0.235. The van der Waals surface area contributed by atoms with Crippen LogP contribution in [0.2, 0.25) is 0 Å². The molecule has 2 radical (unpaired) electrons. The molecule has 2 aromatic rings. The number of para-hydroxylation sites is 2. The zero-order chi connectivity index (χ0) is 24.9. The number of nitrogens with zero attached hydrogens (tertiary/aromatic N) is 2. The Labute approximate surface area is 213 Å². The van der Waals surface area contributed by atoms with Crippen molar-refractivity contribution in [2.75, 3.05) is 3.86 Å². The number of rotatable bonds is 9. The molecule has 0 heterocycles. The van der Waals surface area contributed by atoms with Crippen molar-refractivity contribution < 1.29 is 0 Å². The predicted octanol–water partition coefficient (Wildman–Crippen LogP) is 9.46. The second-order valence-electron chi connectivity index (χ2n) is 10.1. The van der Waals surface area contributed by atoms with Crippen molar-refractivity contribution in [1.29, 1.82) is 0 Å². The number of anilines is 1. The minimum absolute atomic E-state index is 0.429. The van der Waals surface area contributed by atoms with Gasteiger partial charge in [-0.2, -0.15) is 0 Å². The minimum atomic E-state index is -0.857. The van der Waals surface area contributed by atoms with Crippen molar-refractivity contribution in [1.82, 2.24) is 0 Å². The molecule has 0 fully saturated rings. The molecule has 0 aliphatic heterocycles. The van der Waals surface area contributed by atoms with Gasteiger partial charge >= 0.3 is 214 Å². The second kappa shape index (κ2) is 12.3. The topological polar surface area (TPSA) is 15.6 Å². The Morgan fingerprint density at radius 1 is 0.758 bits per heavy atom. The first-order valence-electron chi connectivity index (χ1n) is 12.1. The van der Waals surface area contributed by atoms with Crippen LogP contribution in [0.25, 0.3) is 0 Å². The molecule has 178 valence electrons. The van der Waals surface area contributed by atoms with Crippen LogP contribution in [0.4, 0.5) is 11.4 Å². The summed E-state index contributed by atoms with van der Waals surface area (Å²) in [6.45, 7) is 22.3. The maximum atomic E-state index is 6.70. The molecule has 0 unspecified atom stereocenters. The molecule has 0 amide bonds. The third kappa shape index (κ3) is 6.76. The van der Waals surface area contributed by atoms with Crippen LogP contribution in [0.5, 0.6) is 0 Å². The van der Waals surface area contributed by atoms with Gasteiger partial charge in [0.05, 0.1) is 0 Å². The summed E-state index contributed by atoms with van der Waals surface area (Å²) < 4.78 is 2.36. The molecule has 0 bridgehead atoms. The van der Waals surface area contributed by atoms with E-state index in [0.29, 0.717) is 23.7 Å². The van der Waals surface area contributed by atoms with Gasteiger partial charge in [-0.25, -0.2) is 0 Å². The summed E-state index contributed by atoms with van der Waals surface area (Å²) in [6, 6.07) is 13.3. The Hall–Kier alpha value is -1.52. The van der Waals surface area contributed by atoms with Gasteiger partial charge in [0.2, 0.25) is 0 Å². The third-order valence-corrected chi connectivity index (χ3v) is 8.49. The van der Waals surface area contributed by atoms with Crippen molar-refractivity contribution in [2.45, 2.75) is 92.9 Å². The van der Waals surface area contributed by atoms with Crippen molar-refractivity contribution in [3.8, 4) is 0 Å².